The first-order chi connectivity index (χ1) is 15.6. The van der Waals surface area contributed by atoms with Crippen molar-refractivity contribution in [3.63, 3.8) is 0 Å². The number of benzene rings is 2. The molecular formula is C23H22FN3O5S. The van der Waals surface area contributed by atoms with Crippen molar-refractivity contribution in [1.82, 2.24) is 9.47 Å². The number of halogens is 1. The zero-order valence-electron chi connectivity index (χ0n) is 17.8. The minimum atomic E-state index is -3.93. The summed E-state index contributed by atoms with van der Waals surface area (Å²) < 4.78 is 42.2. The van der Waals surface area contributed by atoms with Crippen molar-refractivity contribution in [1.29, 1.82) is 0 Å². The lowest BCUT2D eigenvalue weighted by molar-refractivity contribution is 0.0683. The van der Waals surface area contributed by atoms with E-state index in [2.05, 4.69) is 4.72 Å². The molecule has 0 spiro atoms. The molecule has 0 atom stereocenters. The van der Waals surface area contributed by atoms with Crippen LogP contribution in [0.4, 0.5) is 10.1 Å². The van der Waals surface area contributed by atoms with Crippen molar-refractivity contribution in [3.8, 4) is 5.75 Å². The predicted molar refractivity (Wildman–Crippen MR) is 121 cm³/mol. The molecule has 0 saturated carbocycles. The van der Waals surface area contributed by atoms with Crippen LogP contribution in [-0.4, -0.2) is 35.4 Å². The van der Waals surface area contributed by atoms with E-state index in [0.717, 1.165) is 0 Å². The fourth-order valence-corrected chi connectivity index (χ4v) is 4.96. The lowest BCUT2D eigenvalue weighted by Crippen LogP contribution is -2.41. The van der Waals surface area contributed by atoms with Crippen LogP contribution in [0.15, 0.2) is 59.5 Å². The second-order valence-electron chi connectivity index (χ2n) is 7.92. The van der Waals surface area contributed by atoms with Gasteiger partial charge in [0.05, 0.1) is 5.75 Å². The van der Waals surface area contributed by atoms with Crippen LogP contribution >= 0.6 is 0 Å². The van der Waals surface area contributed by atoms with Crippen molar-refractivity contribution in [2.75, 3.05) is 11.3 Å². The van der Waals surface area contributed by atoms with Gasteiger partial charge in [0.25, 0.3) is 5.91 Å². The number of aryl methyl sites for hydroxylation is 1. The summed E-state index contributed by atoms with van der Waals surface area (Å²) in [7, 11) is -3.93. The number of carbonyl (C=O) groups excluding carboxylic acids is 1. The summed E-state index contributed by atoms with van der Waals surface area (Å²) in [6, 6.07) is 13.0. The van der Waals surface area contributed by atoms with E-state index in [1.165, 1.54) is 21.7 Å². The van der Waals surface area contributed by atoms with Crippen LogP contribution in [-0.2, 0) is 28.9 Å². The molecule has 0 saturated heterocycles. The fraction of sp³-hybridized carbons (Fsp3) is 0.217. The number of hydrogen-bond donors (Lipinski definition) is 2. The Hall–Kier alpha value is -3.66. The van der Waals surface area contributed by atoms with Gasteiger partial charge < -0.3 is 14.6 Å². The maximum atomic E-state index is 13.5. The number of sulfonamides is 1. The lowest BCUT2D eigenvalue weighted by Gasteiger charge is -2.30. The van der Waals surface area contributed by atoms with Gasteiger partial charge in [-0.1, -0.05) is 42.5 Å². The Labute approximate surface area is 190 Å². The molecule has 1 amide bonds. The quantitative estimate of drug-likeness (QED) is 0.575. The van der Waals surface area contributed by atoms with Gasteiger partial charge in [-0.2, -0.15) is 0 Å². The van der Waals surface area contributed by atoms with Crippen LogP contribution in [0.3, 0.4) is 0 Å². The van der Waals surface area contributed by atoms with Gasteiger partial charge in [0.1, 0.15) is 11.5 Å². The molecule has 1 aliphatic heterocycles. The van der Waals surface area contributed by atoms with E-state index in [4.69, 9.17) is 0 Å². The summed E-state index contributed by atoms with van der Waals surface area (Å²) >= 11 is 0. The largest absolute Gasteiger partial charge is 0.502 e. The van der Waals surface area contributed by atoms with Crippen molar-refractivity contribution >= 4 is 21.6 Å². The molecule has 1 aromatic heterocycles. The van der Waals surface area contributed by atoms with E-state index in [1.54, 1.807) is 49.4 Å². The minimum Gasteiger partial charge on any atom is -0.502 e. The van der Waals surface area contributed by atoms with Crippen LogP contribution in [0.5, 0.6) is 5.75 Å². The Balaban J connectivity index is 1.58. The zero-order chi connectivity index (χ0) is 23.8. The number of nitrogens with zero attached hydrogens (tertiary/aromatic N) is 2. The number of aromatic hydroxyl groups is 1. The predicted octanol–water partition coefficient (Wildman–Crippen LogP) is 2.60. The molecule has 0 radical (unpaired) electrons. The average Bonchev–Trinajstić information content (AvgIpc) is 2.76. The highest BCUT2D eigenvalue weighted by Gasteiger charge is 2.30. The van der Waals surface area contributed by atoms with Gasteiger partial charge in [0.15, 0.2) is 11.4 Å². The highest BCUT2D eigenvalue weighted by atomic mass is 32.2. The number of aromatic nitrogens is 1. The van der Waals surface area contributed by atoms with Crippen LogP contribution in [0.25, 0.3) is 0 Å². The molecule has 0 aliphatic carbocycles. The van der Waals surface area contributed by atoms with E-state index in [0.29, 0.717) is 16.7 Å². The molecule has 3 aromatic rings. The summed E-state index contributed by atoms with van der Waals surface area (Å²) in [6.45, 7) is 2.31. The van der Waals surface area contributed by atoms with Crippen LogP contribution in [0, 0.1) is 12.7 Å². The van der Waals surface area contributed by atoms with Gasteiger partial charge in [-0.15, -0.1) is 0 Å². The zero-order valence-corrected chi connectivity index (χ0v) is 18.6. The lowest BCUT2D eigenvalue weighted by atomic mass is 10.1. The smallest absolute Gasteiger partial charge is 0.274 e. The average molecular weight is 472 g/mol. The summed E-state index contributed by atoms with van der Waals surface area (Å²) in [6.07, 6.45) is 1.23. The minimum absolute atomic E-state index is 0.180. The monoisotopic (exact) mass is 471 g/mol. The molecule has 4 rings (SSSR count). The van der Waals surface area contributed by atoms with Crippen LogP contribution in [0.1, 0.15) is 27.2 Å². The van der Waals surface area contributed by atoms with Gasteiger partial charge in [-0.3, -0.25) is 14.3 Å². The third kappa shape index (κ3) is 4.75. The number of rotatable bonds is 6. The summed E-state index contributed by atoms with van der Waals surface area (Å²) in [5.74, 6) is -2.09. The Kier molecular flexibility index (Phi) is 5.94. The second-order valence-corrected chi connectivity index (χ2v) is 9.64. The number of hydrogen-bond acceptors (Lipinski definition) is 5. The summed E-state index contributed by atoms with van der Waals surface area (Å²) in [5, 5.41) is 10.5. The first-order valence-electron chi connectivity index (χ1n) is 10.2. The van der Waals surface area contributed by atoms with Gasteiger partial charge in [-0.05, 0) is 29.7 Å². The Morgan fingerprint density at radius 2 is 1.79 bits per heavy atom. The third-order valence-electron chi connectivity index (χ3n) is 5.42. The molecule has 2 aromatic carbocycles. The molecule has 172 valence electrons. The summed E-state index contributed by atoms with van der Waals surface area (Å²) in [5.41, 5.74) is 0.171. The maximum Gasteiger partial charge on any atom is 0.274 e. The molecule has 1 aliphatic rings. The molecule has 33 heavy (non-hydrogen) atoms. The van der Waals surface area contributed by atoms with E-state index < -0.39 is 27.1 Å². The van der Waals surface area contributed by atoms with Crippen molar-refractivity contribution in [2.24, 2.45) is 0 Å². The van der Waals surface area contributed by atoms with Gasteiger partial charge >= 0.3 is 0 Å². The maximum absolute atomic E-state index is 13.5. The standard InChI is InChI=1S/C23H22FN3O5S/c1-15-11-17(7-8-18(15)24)12-27-10-9-26-13-19(21(28)22(29)20(26)23(27)30)25-33(31,32)14-16-5-3-2-4-6-16/h2-8,11,13,25,29H,9-10,12,14H2,1H3. The van der Waals surface area contributed by atoms with Gasteiger partial charge in [0, 0.05) is 25.8 Å². The number of carbonyl (C=O) groups is 1. The third-order valence-corrected chi connectivity index (χ3v) is 6.66. The molecule has 2 N–H and O–H groups in total. The number of anilines is 1. The van der Waals surface area contributed by atoms with Gasteiger partial charge in [0.2, 0.25) is 15.5 Å². The number of nitrogens with one attached hydrogen (secondary N) is 1. The van der Waals surface area contributed by atoms with E-state index >= 15 is 0 Å². The van der Waals surface area contributed by atoms with Crippen molar-refractivity contribution < 1.29 is 22.7 Å². The van der Waals surface area contributed by atoms with Crippen molar-refractivity contribution in [3.05, 3.63) is 93.2 Å². The molecule has 8 nitrogen and oxygen atoms in total. The number of fused-ring (bicyclic) bond motifs is 1. The van der Waals surface area contributed by atoms with Crippen LogP contribution < -0.4 is 10.2 Å². The normalized spacial score (nSPS) is 13.6. The molecular weight excluding hydrogens is 449 g/mol. The topological polar surface area (TPSA) is 109 Å². The van der Waals surface area contributed by atoms with E-state index in [-0.39, 0.29) is 42.6 Å². The Bertz CT molecular complexity index is 1390. The van der Waals surface area contributed by atoms with Crippen molar-refractivity contribution in [2.45, 2.75) is 25.8 Å². The fourth-order valence-electron chi connectivity index (χ4n) is 3.78. The molecule has 0 unspecified atom stereocenters. The van der Waals surface area contributed by atoms with Gasteiger partial charge in [-0.25, -0.2) is 12.8 Å². The molecule has 0 fully saturated rings. The number of amides is 1. The first-order valence-corrected chi connectivity index (χ1v) is 11.8. The highest BCUT2D eigenvalue weighted by Crippen LogP contribution is 2.24. The highest BCUT2D eigenvalue weighted by molar-refractivity contribution is 7.91. The summed E-state index contributed by atoms with van der Waals surface area (Å²) in [4.78, 5) is 27.1. The van der Waals surface area contributed by atoms with E-state index in [9.17, 15) is 27.5 Å². The molecule has 10 heteroatoms. The SMILES string of the molecule is Cc1cc(CN2CCn3cc(NS(=O)(=O)Cc4ccccc4)c(=O)c(O)c3C2=O)ccc1F. The molecule has 0 bridgehead atoms. The second kappa shape index (κ2) is 8.70. The Morgan fingerprint density at radius 3 is 2.48 bits per heavy atom. The molecule has 2 heterocycles. The van der Waals surface area contributed by atoms with E-state index in [1.807, 2.05) is 0 Å². The van der Waals surface area contributed by atoms with Crippen LogP contribution in [0.2, 0.25) is 0 Å². The first kappa shape index (κ1) is 22.5. The Morgan fingerprint density at radius 1 is 1.06 bits per heavy atom. The number of pyridine rings is 1.